The van der Waals surface area contributed by atoms with Gasteiger partial charge in [-0.2, -0.15) is 6.08 Å². The van der Waals surface area contributed by atoms with Crippen LogP contribution in [0.5, 0.6) is 0 Å². The minimum atomic E-state index is 0. The van der Waals surface area contributed by atoms with E-state index in [-0.39, 0.29) is 21.1 Å². The van der Waals surface area contributed by atoms with Crippen LogP contribution in [0.3, 0.4) is 0 Å². The van der Waals surface area contributed by atoms with Crippen molar-refractivity contribution in [2.45, 2.75) is 19.8 Å². The maximum atomic E-state index is 3.65. The summed E-state index contributed by atoms with van der Waals surface area (Å²) in [6.07, 6.45) is 17.2. The number of hydrogen-bond donors (Lipinski definition) is 0. The van der Waals surface area contributed by atoms with Gasteiger partial charge in [-0.05, 0) is 5.70 Å². The van der Waals surface area contributed by atoms with Crippen LogP contribution in [0.1, 0.15) is 19.8 Å². The second-order valence-corrected chi connectivity index (χ2v) is 4.35. The third-order valence-corrected chi connectivity index (χ3v) is 2.62. The Morgan fingerprint density at radius 1 is 1.25 bits per heavy atom. The van der Waals surface area contributed by atoms with E-state index >= 15 is 0 Å². The van der Waals surface area contributed by atoms with E-state index in [1.54, 1.807) is 26.5 Å². The van der Waals surface area contributed by atoms with Gasteiger partial charge in [-0.3, -0.25) is 4.57 Å². The number of hydrogen-bond acceptors (Lipinski definition) is 0. The summed E-state index contributed by atoms with van der Waals surface area (Å²) in [5.41, 5.74) is 2.61. The van der Waals surface area contributed by atoms with Crippen LogP contribution < -0.4 is 0 Å². The van der Waals surface area contributed by atoms with Crippen molar-refractivity contribution in [2.24, 2.45) is 7.05 Å². The van der Waals surface area contributed by atoms with Crippen LogP contribution in [0, 0.1) is 6.08 Å². The van der Waals surface area contributed by atoms with Crippen LogP contribution in [0.4, 0.5) is 0 Å². The first-order valence-electron chi connectivity index (χ1n) is 6.32. The van der Waals surface area contributed by atoms with Gasteiger partial charge in [-0.15, -0.1) is 25.7 Å². The van der Waals surface area contributed by atoms with E-state index in [1.165, 1.54) is 11.3 Å². The Morgan fingerprint density at radius 2 is 1.90 bits per heavy atom. The fraction of sp³-hybridized carbons (Fsp3) is 0.400. The van der Waals surface area contributed by atoms with Crippen molar-refractivity contribution in [3.05, 3.63) is 59.5 Å². The van der Waals surface area contributed by atoms with Gasteiger partial charge in [0.1, 0.15) is 12.4 Å². The quantitative estimate of drug-likeness (QED) is 0.622. The van der Waals surface area contributed by atoms with Crippen LogP contribution in [0.25, 0.3) is 16.3 Å². The van der Waals surface area contributed by atoms with Crippen LogP contribution in [-0.4, -0.2) is 23.2 Å². The van der Waals surface area contributed by atoms with Gasteiger partial charge in [0.2, 0.25) is 0 Å². The number of imidazole rings is 1. The van der Waals surface area contributed by atoms with Gasteiger partial charge in [0.25, 0.3) is 0 Å². The second-order valence-electron chi connectivity index (χ2n) is 4.35. The Morgan fingerprint density at radius 3 is 2.35 bits per heavy atom. The van der Waals surface area contributed by atoms with Crippen molar-refractivity contribution in [1.82, 2.24) is 9.13 Å². The van der Waals surface area contributed by atoms with Crippen LogP contribution in [0.15, 0.2) is 42.8 Å². The molecular formula is C15H22N4Pt-2. The Labute approximate surface area is 136 Å². The molecule has 0 radical (unpaired) electrons. The summed E-state index contributed by atoms with van der Waals surface area (Å²) in [6.45, 7) is 2.17. The minimum Gasteiger partial charge on any atom is -0.695 e. The molecule has 0 saturated heterocycles. The molecule has 0 atom stereocenters. The molecule has 0 amide bonds. The van der Waals surface area contributed by atoms with E-state index in [0.29, 0.717) is 0 Å². The molecule has 1 aliphatic carbocycles. The van der Waals surface area contributed by atoms with Crippen LogP contribution >= 0.6 is 0 Å². The maximum absolute atomic E-state index is 3.65. The zero-order chi connectivity index (χ0) is 14.1. The molecule has 2 rings (SSSR count). The molecule has 114 valence electrons. The molecule has 1 aromatic rings. The smallest absolute Gasteiger partial charge is 0.162 e. The predicted molar refractivity (Wildman–Crippen MR) is 81.5 cm³/mol. The Balaban J connectivity index is 0.000000448. The number of rotatable bonds is 3. The van der Waals surface area contributed by atoms with Gasteiger partial charge in [0.05, 0.1) is 0 Å². The van der Waals surface area contributed by atoms with Crippen LogP contribution in [0.2, 0.25) is 0 Å². The van der Waals surface area contributed by atoms with E-state index in [2.05, 4.69) is 46.8 Å². The summed E-state index contributed by atoms with van der Waals surface area (Å²) in [7, 11) is 5.44. The van der Waals surface area contributed by atoms with Crippen molar-refractivity contribution < 1.29 is 21.1 Å². The van der Waals surface area contributed by atoms with E-state index in [4.69, 9.17) is 0 Å². The maximum Gasteiger partial charge on any atom is 0.162 e. The molecule has 0 spiro atoms. The van der Waals surface area contributed by atoms with Gasteiger partial charge >= 0.3 is 0 Å². The fourth-order valence-electron chi connectivity index (χ4n) is 1.64. The average Bonchev–Trinajstić information content (AvgIpc) is 2.84. The van der Waals surface area contributed by atoms with Gasteiger partial charge < -0.3 is 10.6 Å². The molecule has 0 aliphatic heterocycles. The molecule has 0 unspecified atom stereocenters. The molecule has 1 heterocycles. The predicted octanol–water partition coefficient (Wildman–Crippen LogP) is 3.95. The molecule has 20 heavy (non-hydrogen) atoms. The molecule has 4 nitrogen and oxygen atoms in total. The zero-order valence-corrected chi connectivity index (χ0v) is 14.8. The van der Waals surface area contributed by atoms with Gasteiger partial charge in [0, 0.05) is 28.1 Å². The standard InChI is InChI=1S/C11H14N2.C4H8N2.Pt/c1-10-4-3-5-11(8-10)13-7-6-12(2)9-13;1-5-3-4-6-2;/h6-9H,3-4H2,1-2H3;3-4H,1-2H3;/q;-2;/b;4-3-;. The summed E-state index contributed by atoms with van der Waals surface area (Å²) >= 11 is 0. The van der Waals surface area contributed by atoms with E-state index in [9.17, 15) is 0 Å². The Kier molecular flexibility index (Phi) is 9.83. The first-order chi connectivity index (χ1) is 9.17. The molecular weight excluding hydrogens is 431 g/mol. The van der Waals surface area contributed by atoms with E-state index < -0.39 is 0 Å². The first kappa shape index (κ1) is 18.7. The SMILES string of the molecule is CC1=CC(n2ccn(C)[cH+]2)=[C-]CC1.C[N-]/C=C\[N-]C.[Pt]. The average molecular weight is 453 g/mol. The molecule has 5 heteroatoms. The summed E-state index contributed by atoms with van der Waals surface area (Å²) in [4.78, 5) is 0. The van der Waals surface area contributed by atoms with Crippen molar-refractivity contribution in [1.29, 1.82) is 0 Å². The summed E-state index contributed by atoms with van der Waals surface area (Å²) < 4.78 is 4.13. The van der Waals surface area contributed by atoms with Crippen molar-refractivity contribution in [3.8, 4) is 0 Å². The molecule has 0 saturated carbocycles. The molecule has 0 bridgehead atoms. The van der Waals surface area contributed by atoms with E-state index in [0.717, 1.165) is 12.8 Å². The molecule has 0 fully saturated rings. The topological polar surface area (TPSA) is 38.1 Å². The third-order valence-electron chi connectivity index (χ3n) is 2.62. The zero-order valence-electron chi connectivity index (χ0n) is 12.5. The molecule has 1 aliphatic rings. The summed E-state index contributed by atoms with van der Waals surface area (Å²) in [5, 5.41) is 7.30. The Hall–Kier alpha value is -1.28. The number of allylic oxidation sites excluding steroid dienone is 4. The first-order valence-corrected chi connectivity index (χ1v) is 6.32. The largest absolute Gasteiger partial charge is 0.695 e. The van der Waals surface area contributed by atoms with E-state index in [1.807, 2.05) is 17.8 Å². The van der Waals surface area contributed by atoms with Crippen molar-refractivity contribution >= 4 is 5.70 Å². The minimum absolute atomic E-state index is 0. The van der Waals surface area contributed by atoms with Gasteiger partial charge in [-0.1, -0.05) is 19.8 Å². The molecule has 0 aromatic carbocycles. The Bertz CT molecular complexity index is 466. The van der Waals surface area contributed by atoms with Crippen molar-refractivity contribution in [3.63, 3.8) is 0 Å². The van der Waals surface area contributed by atoms with Gasteiger partial charge in [0.15, 0.2) is 6.33 Å². The third kappa shape index (κ3) is 6.76. The second kappa shape index (κ2) is 10.5. The van der Waals surface area contributed by atoms with Crippen molar-refractivity contribution in [2.75, 3.05) is 14.1 Å². The molecule has 0 N–H and O–H groups in total. The van der Waals surface area contributed by atoms with Gasteiger partial charge in [-0.25, -0.2) is 17.0 Å². The summed E-state index contributed by atoms with van der Waals surface area (Å²) in [6, 6.07) is 0. The van der Waals surface area contributed by atoms with Crippen LogP contribution in [-0.2, 0) is 28.1 Å². The monoisotopic (exact) mass is 453 g/mol. The fourth-order valence-corrected chi connectivity index (χ4v) is 1.64. The number of nitrogens with zero attached hydrogens (tertiary/aromatic N) is 4. The number of aromatic nitrogens is 2. The molecule has 1 aromatic heterocycles. The summed E-state index contributed by atoms with van der Waals surface area (Å²) in [5.74, 6) is 0. The normalized spacial score (nSPS) is 13.6. The number of aryl methyl sites for hydroxylation is 1.